The number of hydrogen-bond donors (Lipinski definition) is 0. The van der Waals surface area contributed by atoms with Crippen molar-refractivity contribution in [3.8, 4) is 22.5 Å². The van der Waals surface area contributed by atoms with Crippen LogP contribution in [0.4, 0.5) is 4.39 Å². The number of pyridine rings is 2. The van der Waals surface area contributed by atoms with Crippen LogP contribution in [0.15, 0.2) is 83.5 Å². The van der Waals surface area contributed by atoms with Gasteiger partial charge in [0.05, 0.1) is 19.9 Å². The Bertz CT molecular complexity index is 2050. The molecular weight excluding hydrogens is 716 g/mol. The second kappa shape index (κ2) is 12.8. The summed E-state index contributed by atoms with van der Waals surface area (Å²) in [6.45, 7) is 5.77. The summed E-state index contributed by atoms with van der Waals surface area (Å²) in [4.78, 5) is 8.64. The zero-order chi connectivity index (χ0) is 34.3. The predicted molar refractivity (Wildman–Crippen MR) is 171 cm³/mol. The van der Waals surface area contributed by atoms with Crippen LogP contribution in [0, 0.1) is 31.7 Å². The van der Waals surface area contributed by atoms with Crippen LogP contribution in [0.3, 0.4) is 0 Å². The molecule has 0 amide bonds. The molecule has 0 unspecified atom stereocenters. The molecule has 0 aliphatic heterocycles. The van der Waals surface area contributed by atoms with Gasteiger partial charge >= 0.3 is 0 Å². The van der Waals surface area contributed by atoms with Gasteiger partial charge in [-0.25, -0.2) is 4.39 Å². The number of aryl methyl sites for hydroxylation is 2. The van der Waals surface area contributed by atoms with Crippen LogP contribution in [0.5, 0.6) is 0 Å². The largest absolute Gasteiger partial charge is 0.501 e. The molecule has 0 spiro atoms. The van der Waals surface area contributed by atoms with Crippen LogP contribution in [-0.4, -0.2) is 18.0 Å². The molecule has 42 heavy (non-hydrogen) atoms. The van der Waals surface area contributed by atoms with Crippen molar-refractivity contribution < 1.29 is 37.1 Å². The number of hydrogen-bond acceptors (Lipinski definition) is 3. The molecule has 3 heterocycles. The molecule has 0 N–H and O–H groups in total. The molecule has 3 aromatic carbocycles. The van der Waals surface area contributed by atoms with Crippen molar-refractivity contribution in [2.75, 3.05) is 0 Å². The Labute approximate surface area is 271 Å². The number of halogens is 1. The molecule has 0 aliphatic carbocycles. The van der Waals surface area contributed by atoms with E-state index in [1.807, 2.05) is 50.2 Å². The summed E-state index contributed by atoms with van der Waals surface area (Å²) < 4.78 is 65.5. The van der Waals surface area contributed by atoms with Gasteiger partial charge in [-0.2, -0.15) is 0 Å². The molecule has 0 aliphatic rings. The third-order valence-electron chi connectivity index (χ3n) is 6.90. The van der Waals surface area contributed by atoms with Crippen LogP contribution in [0.2, 0.25) is 19.6 Å². The van der Waals surface area contributed by atoms with Crippen LogP contribution < -0.4 is 5.19 Å². The van der Waals surface area contributed by atoms with E-state index in [1.165, 1.54) is 18.3 Å². The first-order valence-electron chi connectivity index (χ1n) is 16.5. The second-order valence-corrected chi connectivity index (χ2v) is 16.3. The van der Waals surface area contributed by atoms with Crippen LogP contribution in [0.25, 0.3) is 44.5 Å². The van der Waals surface area contributed by atoms with Gasteiger partial charge in [-0.3, -0.25) is 0 Å². The van der Waals surface area contributed by atoms with Crippen molar-refractivity contribution in [1.29, 1.82) is 0 Å². The maximum absolute atomic E-state index is 13.9. The van der Waals surface area contributed by atoms with E-state index in [4.69, 9.17) is 12.6 Å². The zero-order valence-corrected chi connectivity index (χ0v) is 27.5. The number of rotatable bonds is 4. The topological polar surface area (TPSA) is 38.9 Å². The third kappa shape index (κ3) is 6.62. The Balaban J connectivity index is 0.000000212. The Morgan fingerprint density at radius 1 is 0.905 bits per heavy atom. The van der Waals surface area contributed by atoms with E-state index in [0.29, 0.717) is 28.1 Å². The fraction of sp³-hybridized carbons (Fsp3) is 0.222. The first-order chi connectivity index (χ1) is 21.9. The van der Waals surface area contributed by atoms with Gasteiger partial charge in [0.1, 0.15) is 11.4 Å². The minimum absolute atomic E-state index is 0. The molecule has 1 radical (unpaired) electrons. The summed E-state index contributed by atoms with van der Waals surface area (Å²) in [5, 5.41) is 2.89. The van der Waals surface area contributed by atoms with E-state index < -0.39 is 21.8 Å². The number of nitrogens with zero attached hydrogens (tertiary/aromatic N) is 2. The SMILES string of the molecule is CC(C)c1cc(-c2[c-]ccc3c2oc2ccccc23)ncc1F.[2H]C([2H])([2H])c1c[c-]c(-c2cc(C([2H])([2H])[2H])c([Si](C)(C)C)cn2)cc1.[Ir]. The van der Waals surface area contributed by atoms with Crippen LogP contribution >= 0.6 is 0 Å². The number of furan rings is 1. The zero-order valence-electron chi connectivity index (χ0n) is 30.1. The van der Waals surface area contributed by atoms with Crippen molar-refractivity contribution in [3.05, 3.63) is 114 Å². The molecule has 6 rings (SSSR count). The summed E-state index contributed by atoms with van der Waals surface area (Å²) in [6, 6.07) is 25.7. The van der Waals surface area contributed by atoms with Gasteiger partial charge in [0, 0.05) is 39.9 Å². The monoisotopic (exact) mass is 757 g/mol. The second-order valence-electron chi connectivity index (χ2n) is 11.3. The maximum Gasteiger partial charge on any atom is 0.143 e. The minimum atomic E-state index is -2.22. The number of fused-ring (bicyclic) bond motifs is 3. The predicted octanol–water partition coefficient (Wildman–Crippen LogP) is 9.42. The summed E-state index contributed by atoms with van der Waals surface area (Å²) >= 11 is 0. The first kappa shape index (κ1) is 24.0. The van der Waals surface area contributed by atoms with Gasteiger partial charge in [-0.15, -0.1) is 53.6 Å². The normalized spacial score (nSPS) is 14.1. The van der Waals surface area contributed by atoms with Crippen molar-refractivity contribution in [1.82, 2.24) is 9.97 Å². The third-order valence-corrected chi connectivity index (χ3v) is 8.92. The fourth-order valence-corrected chi connectivity index (χ4v) is 6.03. The number of aromatic nitrogens is 2. The van der Waals surface area contributed by atoms with Crippen molar-refractivity contribution in [2.24, 2.45) is 0 Å². The fourth-order valence-electron chi connectivity index (χ4n) is 4.70. The van der Waals surface area contributed by atoms with Gasteiger partial charge in [-0.05, 0) is 41.0 Å². The van der Waals surface area contributed by atoms with Gasteiger partial charge in [0.2, 0.25) is 0 Å². The maximum atomic E-state index is 13.9. The van der Waals surface area contributed by atoms with E-state index in [1.54, 1.807) is 24.4 Å². The van der Waals surface area contributed by atoms with E-state index in [-0.39, 0.29) is 37.4 Å². The van der Waals surface area contributed by atoms with E-state index >= 15 is 0 Å². The average Bonchev–Trinajstić information content (AvgIpc) is 3.39. The van der Waals surface area contributed by atoms with Crippen LogP contribution in [0.1, 0.15) is 44.7 Å². The molecular formula is C36H35FIrN2OSi-2. The number of para-hydroxylation sites is 1. The standard InChI is InChI=1S/C20H15FNO.C16H20NSi.Ir/c1-12(2)16-10-18(22-11-17(16)21)15-8-5-7-14-13-6-3-4-9-19(13)23-20(14)15;1-12-6-8-14(9-7-12)15-10-13(2)16(11-17-15)18(3,4)5;/h3-7,9-12H,1-2H3;6-8,10-11H,1-5H3;/q2*-1;/i;1D3,2D3;. The summed E-state index contributed by atoms with van der Waals surface area (Å²) in [5.41, 5.74) is 5.24. The molecule has 6 aromatic rings. The molecule has 3 aromatic heterocycles. The van der Waals surface area contributed by atoms with Gasteiger partial charge < -0.3 is 14.4 Å². The first-order valence-corrected chi connectivity index (χ1v) is 17.0. The van der Waals surface area contributed by atoms with Gasteiger partial charge in [0.25, 0.3) is 0 Å². The Morgan fingerprint density at radius 2 is 1.69 bits per heavy atom. The molecule has 6 heteroatoms. The van der Waals surface area contributed by atoms with Crippen molar-refractivity contribution in [3.63, 3.8) is 0 Å². The number of benzene rings is 3. The summed E-state index contributed by atoms with van der Waals surface area (Å²) in [6.07, 6.45) is 2.93. The summed E-state index contributed by atoms with van der Waals surface area (Å²) in [5.74, 6) is -0.188. The Hall–Kier alpha value is -3.44. The van der Waals surface area contributed by atoms with E-state index in [9.17, 15) is 4.39 Å². The van der Waals surface area contributed by atoms with Crippen LogP contribution in [-0.2, 0) is 20.1 Å². The van der Waals surface area contributed by atoms with Crippen molar-refractivity contribution >= 4 is 35.2 Å². The quantitative estimate of drug-likeness (QED) is 0.133. The molecule has 0 saturated carbocycles. The van der Waals surface area contributed by atoms with E-state index in [2.05, 4.69) is 41.7 Å². The molecule has 0 fully saturated rings. The molecule has 0 bridgehead atoms. The molecule has 3 nitrogen and oxygen atoms in total. The smallest absolute Gasteiger partial charge is 0.143 e. The Kier molecular flexibility index (Phi) is 7.34. The van der Waals surface area contributed by atoms with Gasteiger partial charge in [0.15, 0.2) is 0 Å². The molecule has 217 valence electrons. The van der Waals surface area contributed by atoms with E-state index in [0.717, 1.165) is 32.7 Å². The minimum Gasteiger partial charge on any atom is -0.501 e. The molecule has 0 saturated heterocycles. The van der Waals surface area contributed by atoms with Gasteiger partial charge in [-0.1, -0.05) is 87.2 Å². The Morgan fingerprint density at radius 3 is 2.38 bits per heavy atom. The summed E-state index contributed by atoms with van der Waals surface area (Å²) in [7, 11) is -1.85. The molecule has 0 atom stereocenters. The van der Waals surface area contributed by atoms with Crippen molar-refractivity contribution in [2.45, 2.75) is 53.1 Å². The average molecular weight is 757 g/mol.